The van der Waals surface area contributed by atoms with Gasteiger partial charge in [0.25, 0.3) is 0 Å². The van der Waals surface area contributed by atoms with Crippen LogP contribution in [-0.2, 0) is 20.1 Å². The van der Waals surface area contributed by atoms with E-state index < -0.39 is 6.85 Å². The third kappa shape index (κ3) is 7.75. The Balaban J connectivity index is 0.000000361. The first kappa shape index (κ1) is 36.7. The van der Waals surface area contributed by atoms with Gasteiger partial charge in [0.05, 0.1) is 22.4 Å². The Bertz CT molecular complexity index is 3090. The van der Waals surface area contributed by atoms with Gasteiger partial charge in [0.1, 0.15) is 5.58 Å². The maximum absolute atomic E-state index is 8.17. The first-order valence-corrected chi connectivity index (χ1v) is 20.1. The van der Waals surface area contributed by atoms with E-state index in [4.69, 9.17) is 13.5 Å². The van der Waals surface area contributed by atoms with Crippen LogP contribution in [0.25, 0.3) is 83.6 Å². The second-order valence-corrected chi connectivity index (χ2v) is 15.4. The summed E-state index contributed by atoms with van der Waals surface area (Å²) in [4.78, 5) is 9.45. The molecule has 0 aliphatic rings. The second-order valence-electron chi connectivity index (χ2n) is 15.4. The molecule has 0 saturated heterocycles. The number of hydrogen-bond acceptors (Lipinski definition) is 3. The molecule has 10 rings (SSSR count). The number of rotatable bonds is 7. The van der Waals surface area contributed by atoms with Crippen LogP contribution in [0.15, 0.2) is 174 Å². The Kier molecular flexibility index (Phi) is 10.7. The largest absolute Gasteiger partial charge is 0.500 e. The number of benzene rings is 7. The first-order chi connectivity index (χ1) is 30.1. The Labute approximate surface area is 370 Å². The fraction of sp³-hybridized carbons (Fsp3) is 0.127. The summed E-state index contributed by atoms with van der Waals surface area (Å²) in [6.45, 7) is 6.66. The SMILES string of the molecule is [2H]C([2H])([2H])c1cccc2c1oc1c(-c3nc4ccccc4n3-c3c(C(C)C)cc(-c4ccc(-c5ccccc5)cc4)cc3C(C)C)[c-]ccc12.[Ir].[c-]1ccccc1-c1ccccn1. The van der Waals surface area contributed by atoms with Crippen molar-refractivity contribution >= 4 is 33.0 Å². The molecule has 7 aromatic carbocycles. The number of imidazole rings is 1. The molecule has 0 saturated carbocycles. The summed E-state index contributed by atoms with van der Waals surface area (Å²) in [5.74, 6) is 1.11. The van der Waals surface area contributed by atoms with Crippen LogP contribution in [0.3, 0.4) is 0 Å². The smallest absolute Gasteiger partial charge is 0.123 e. The van der Waals surface area contributed by atoms with Crippen molar-refractivity contribution in [1.82, 2.24) is 14.5 Å². The molecule has 0 N–H and O–H groups in total. The third-order valence-electron chi connectivity index (χ3n) is 10.9. The van der Waals surface area contributed by atoms with Crippen LogP contribution in [0.5, 0.6) is 0 Å². The summed E-state index contributed by atoms with van der Waals surface area (Å²) in [6, 6.07) is 61.6. The van der Waals surface area contributed by atoms with Crippen LogP contribution in [0, 0.1) is 19.0 Å². The summed E-state index contributed by atoms with van der Waals surface area (Å²) in [7, 11) is 0. The molecule has 0 unspecified atom stereocenters. The molecule has 0 amide bonds. The normalized spacial score (nSPS) is 12.2. The van der Waals surface area contributed by atoms with Gasteiger partial charge in [-0.2, -0.15) is 0 Å². The average molecular weight is 959 g/mol. The van der Waals surface area contributed by atoms with E-state index >= 15 is 0 Å². The van der Waals surface area contributed by atoms with Crippen molar-refractivity contribution in [3.05, 3.63) is 199 Å². The van der Waals surface area contributed by atoms with Gasteiger partial charge >= 0.3 is 0 Å². The van der Waals surface area contributed by atoms with Crippen molar-refractivity contribution in [2.24, 2.45) is 0 Å². The Morgan fingerprint density at radius 1 is 0.600 bits per heavy atom. The summed E-state index contributed by atoms with van der Waals surface area (Å²) >= 11 is 0. The summed E-state index contributed by atoms with van der Waals surface area (Å²) < 4.78 is 33.3. The zero-order chi connectivity index (χ0) is 43.0. The minimum Gasteiger partial charge on any atom is -0.500 e. The number of nitrogens with zero attached hydrogens (tertiary/aromatic N) is 3. The standard InChI is InChI=1S/C44H37N2O.C11H8N.Ir/c1-27(2)37-25-33(32-23-21-31(22-24-32)30-14-7-6-8-15-30)26-38(28(3)4)41(37)46-40-20-10-9-19-39(40)45-44(46)36-18-12-17-35-34-16-11-13-29(5)42(34)47-43(35)36;1-2-6-10(7-3-1)11-8-4-5-9-12-11;/h6-17,19-28H,1-5H3;1-6,8-9H;/q2*-1;/i5D3;;. The van der Waals surface area contributed by atoms with Gasteiger partial charge in [-0.3, -0.25) is 4.98 Å². The molecular weight excluding hydrogens is 911 g/mol. The topological polar surface area (TPSA) is 43.9 Å². The minimum absolute atomic E-state index is 0. The molecule has 0 aliphatic heterocycles. The number of aromatic nitrogens is 3. The van der Waals surface area contributed by atoms with Crippen LogP contribution >= 0.6 is 0 Å². The van der Waals surface area contributed by atoms with E-state index in [0.717, 1.165) is 38.8 Å². The first-order valence-electron chi connectivity index (χ1n) is 21.6. The molecule has 297 valence electrons. The van der Waals surface area contributed by atoms with Gasteiger partial charge in [0.2, 0.25) is 0 Å². The van der Waals surface area contributed by atoms with Crippen molar-refractivity contribution < 1.29 is 28.6 Å². The molecule has 3 heterocycles. The van der Waals surface area contributed by atoms with Crippen molar-refractivity contribution in [2.45, 2.75) is 46.4 Å². The van der Waals surface area contributed by atoms with Gasteiger partial charge in [-0.05, 0) is 93.7 Å². The van der Waals surface area contributed by atoms with E-state index in [0.29, 0.717) is 22.6 Å². The number of hydrogen-bond donors (Lipinski definition) is 0. The van der Waals surface area contributed by atoms with Crippen LogP contribution in [-0.4, -0.2) is 14.5 Å². The van der Waals surface area contributed by atoms with Gasteiger partial charge in [-0.1, -0.05) is 136 Å². The number of aryl methyl sites for hydroxylation is 1. The number of furan rings is 1. The molecule has 0 fully saturated rings. The van der Waals surface area contributed by atoms with Gasteiger partial charge in [0, 0.05) is 41.5 Å². The van der Waals surface area contributed by atoms with Crippen LogP contribution < -0.4 is 0 Å². The predicted molar refractivity (Wildman–Crippen MR) is 245 cm³/mol. The van der Waals surface area contributed by atoms with Crippen molar-refractivity contribution in [3.8, 4) is 50.6 Å². The Morgan fingerprint density at radius 2 is 1.27 bits per heavy atom. The van der Waals surface area contributed by atoms with E-state index in [1.165, 1.54) is 33.4 Å². The van der Waals surface area contributed by atoms with Gasteiger partial charge in [-0.15, -0.1) is 54.1 Å². The summed E-state index contributed by atoms with van der Waals surface area (Å²) in [6.07, 6.45) is 1.79. The maximum Gasteiger partial charge on any atom is 0.123 e. The van der Waals surface area contributed by atoms with E-state index in [1.807, 2.05) is 84.9 Å². The second kappa shape index (κ2) is 17.5. The molecule has 10 aromatic rings. The molecule has 4 nitrogen and oxygen atoms in total. The Morgan fingerprint density at radius 3 is 1.95 bits per heavy atom. The number of para-hydroxylation sites is 3. The zero-order valence-corrected chi connectivity index (χ0v) is 36.3. The Hall–Kier alpha value is -6.39. The predicted octanol–water partition coefficient (Wildman–Crippen LogP) is 14.8. The number of fused-ring (bicyclic) bond motifs is 4. The monoisotopic (exact) mass is 959 g/mol. The zero-order valence-electron chi connectivity index (χ0n) is 36.9. The summed E-state index contributed by atoms with van der Waals surface area (Å²) in [5, 5.41) is 1.60. The summed E-state index contributed by atoms with van der Waals surface area (Å²) in [5.41, 5.74) is 13.9. The van der Waals surface area contributed by atoms with Crippen LogP contribution in [0.2, 0.25) is 0 Å². The van der Waals surface area contributed by atoms with E-state index in [9.17, 15) is 0 Å². The van der Waals surface area contributed by atoms with Crippen molar-refractivity contribution in [2.75, 3.05) is 0 Å². The van der Waals surface area contributed by atoms with E-state index in [-0.39, 0.29) is 37.5 Å². The molecule has 0 aliphatic carbocycles. The molecule has 60 heavy (non-hydrogen) atoms. The fourth-order valence-corrected chi connectivity index (χ4v) is 7.90. The average Bonchev–Trinajstić information content (AvgIpc) is 3.88. The van der Waals surface area contributed by atoms with E-state index in [2.05, 4.69) is 116 Å². The minimum atomic E-state index is -2.31. The van der Waals surface area contributed by atoms with Gasteiger partial charge < -0.3 is 14.0 Å². The molecule has 3 aromatic heterocycles. The van der Waals surface area contributed by atoms with Gasteiger partial charge in [-0.25, -0.2) is 0 Å². The quantitative estimate of drug-likeness (QED) is 0.150. The fourth-order valence-electron chi connectivity index (χ4n) is 7.90. The van der Waals surface area contributed by atoms with Gasteiger partial charge in [0.15, 0.2) is 0 Å². The molecular formula is C55H45IrN3O-2. The molecule has 0 spiro atoms. The third-order valence-corrected chi connectivity index (χ3v) is 10.9. The van der Waals surface area contributed by atoms with Crippen LogP contribution in [0.4, 0.5) is 0 Å². The van der Waals surface area contributed by atoms with Crippen molar-refractivity contribution in [1.29, 1.82) is 0 Å². The molecule has 1 radical (unpaired) electrons. The maximum atomic E-state index is 8.17. The molecule has 0 bridgehead atoms. The van der Waals surface area contributed by atoms with Crippen molar-refractivity contribution in [3.63, 3.8) is 0 Å². The molecule has 5 heteroatoms. The van der Waals surface area contributed by atoms with E-state index in [1.54, 1.807) is 18.3 Å². The van der Waals surface area contributed by atoms with Crippen LogP contribution in [0.1, 0.15) is 60.3 Å². The number of pyridine rings is 1. The molecule has 0 atom stereocenters.